The molecule has 160 valence electrons. The van der Waals surface area contributed by atoms with Gasteiger partial charge in [-0.3, -0.25) is 4.98 Å². The Labute approximate surface area is 183 Å². The number of pyridine rings is 1. The molecular weight excluding hydrogens is 405 g/mol. The number of aromatic nitrogens is 6. The molecule has 4 aromatic heterocycles. The van der Waals surface area contributed by atoms with Gasteiger partial charge in [-0.1, -0.05) is 32.0 Å². The van der Waals surface area contributed by atoms with Crippen LogP contribution < -0.4 is 5.32 Å². The van der Waals surface area contributed by atoms with Crippen LogP contribution in [-0.4, -0.2) is 35.6 Å². The van der Waals surface area contributed by atoms with E-state index < -0.39 is 5.82 Å². The Bertz CT molecular complexity index is 1470. The SMILES string of the molecule is CC(C)c1cnn2c(NC3Cc4[nH]c5ccccc5c4C3)nc(-c3cncc(F)c3)nc12. The maximum absolute atomic E-state index is 13.8. The summed E-state index contributed by atoms with van der Waals surface area (Å²) < 4.78 is 15.6. The zero-order chi connectivity index (χ0) is 21.8. The molecule has 0 bridgehead atoms. The van der Waals surface area contributed by atoms with E-state index in [4.69, 9.17) is 9.97 Å². The van der Waals surface area contributed by atoms with Gasteiger partial charge in [0.25, 0.3) is 0 Å². The van der Waals surface area contributed by atoms with Gasteiger partial charge in [-0.25, -0.2) is 9.37 Å². The lowest BCUT2D eigenvalue weighted by atomic mass is 10.1. The smallest absolute Gasteiger partial charge is 0.228 e. The highest BCUT2D eigenvalue weighted by molar-refractivity contribution is 5.85. The highest BCUT2D eigenvalue weighted by Crippen LogP contribution is 2.32. The Morgan fingerprint density at radius 2 is 2.00 bits per heavy atom. The molecule has 0 aliphatic heterocycles. The van der Waals surface area contributed by atoms with Crippen LogP contribution in [0, 0.1) is 5.82 Å². The predicted octanol–water partition coefficient (Wildman–Crippen LogP) is 4.51. The Hall–Kier alpha value is -3.81. The van der Waals surface area contributed by atoms with E-state index in [0.29, 0.717) is 17.3 Å². The molecule has 0 saturated heterocycles. The number of hydrogen-bond donors (Lipinski definition) is 2. The van der Waals surface area contributed by atoms with Crippen molar-refractivity contribution in [2.24, 2.45) is 0 Å². The second-order valence-corrected chi connectivity index (χ2v) is 8.63. The molecule has 1 aromatic carbocycles. The zero-order valence-electron chi connectivity index (χ0n) is 17.8. The molecule has 6 rings (SSSR count). The van der Waals surface area contributed by atoms with Gasteiger partial charge in [0, 0.05) is 46.4 Å². The van der Waals surface area contributed by atoms with Crippen molar-refractivity contribution >= 4 is 22.5 Å². The molecule has 0 fully saturated rings. The van der Waals surface area contributed by atoms with Gasteiger partial charge in [-0.15, -0.1) is 0 Å². The topological polar surface area (TPSA) is 83.8 Å². The average Bonchev–Trinajstić information content (AvgIpc) is 3.46. The van der Waals surface area contributed by atoms with Crippen molar-refractivity contribution in [3.63, 3.8) is 0 Å². The minimum atomic E-state index is -0.417. The van der Waals surface area contributed by atoms with E-state index in [1.807, 2.05) is 12.3 Å². The van der Waals surface area contributed by atoms with E-state index >= 15 is 0 Å². The summed E-state index contributed by atoms with van der Waals surface area (Å²) in [5, 5.41) is 9.40. The Morgan fingerprint density at radius 1 is 1.12 bits per heavy atom. The molecule has 4 heterocycles. The number of aromatic amines is 1. The minimum Gasteiger partial charge on any atom is -0.358 e. The van der Waals surface area contributed by atoms with Crippen LogP contribution in [0.1, 0.15) is 36.6 Å². The number of fused-ring (bicyclic) bond motifs is 4. The van der Waals surface area contributed by atoms with E-state index in [1.54, 1.807) is 10.7 Å². The molecule has 1 unspecified atom stereocenters. The Balaban J connectivity index is 1.41. The van der Waals surface area contributed by atoms with E-state index in [-0.39, 0.29) is 12.0 Å². The summed E-state index contributed by atoms with van der Waals surface area (Å²) in [4.78, 5) is 16.9. The Kier molecular flexibility index (Phi) is 4.21. The molecule has 2 N–H and O–H groups in total. The minimum absolute atomic E-state index is 0.171. The van der Waals surface area contributed by atoms with Crippen molar-refractivity contribution in [3.05, 3.63) is 71.6 Å². The third-order valence-electron chi connectivity index (χ3n) is 6.12. The lowest BCUT2D eigenvalue weighted by molar-refractivity contribution is 0.621. The van der Waals surface area contributed by atoms with Crippen LogP contribution in [0.4, 0.5) is 10.3 Å². The average molecular weight is 427 g/mol. The lowest BCUT2D eigenvalue weighted by Crippen LogP contribution is -2.23. The van der Waals surface area contributed by atoms with Crippen molar-refractivity contribution in [2.45, 2.75) is 38.6 Å². The molecule has 0 amide bonds. The fourth-order valence-corrected chi connectivity index (χ4v) is 4.57. The van der Waals surface area contributed by atoms with Crippen molar-refractivity contribution in [2.75, 3.05) is 5.32 Å². The summed E-state index contributed by atoms with van der Waals surface area (Å²) in [6.45, 7) is 4.20. The lowest BCUT2D eigenvalue weighted by Gasteiger charge is -2.15. The number of para-hydroxylation sites is 1. The van der Waals surface area contributed by atoms with Gasteiger partial charge >= 0.3 is 0 Å². The Morgan fingerprint density at radius 3 is 2.84 bits per heavy atom. The first-order chi connectivity index (χ1) is 15.6. The van der Waals surface area contributed by atoms with E-state index in [2.05, 4.69) is 52.4 Å². The largest absolute Gasteiger partial charge is 0.358 e. The summed E-state index contributed by atoms with van der Waals surface area (Å²) in [7, 11) is 0. The molecule has 5 aromatic rings. The molecule has 0 saturated carbocycles. The first kappa shape index (κ1) is 18.9. The summed E-state index contributed by atoms with van der Waals surface area (Å²) in [6.07, 6.45) is 6.34. The van der Waals surface area contributed by atoms with E-state index in [9.17, 15) is 4.39 Å². The van der Waals surface area contributed by atoms with Gasteiger partial charge in [-0.2, -0.15) is 14.6 Å². The van der Waals surface area contributed by atoms with Gasteiger partial charge in [0.1, 0.15) is 5.82 Å². The van der Waals surface area contributed by atoms with Crippen LogP contribution in [0.15, 0.2) is 48.9 Å². The molecule has 32 heavy (non-hydrogen) atoms. The van der Waals surface area contributed by atoms with Crippen LogP contribution in [0.2, 0.25) is 0 Å². The molecule has 1 aliphatic carbocycles. The molecule has 8 heteroatoms. The predicted molar refractivity (Wildman–Crippen MR) is 121 cm³/mol. The first-order valence-electron chi connectivity index (χ1n) is 10.8. The van der Waals surface area contributed by atoms with Gasteiger partial charge in [0.15, 0.2) is 11.5 Å². The van der Waals surface area contributed by atoms with Gasteiger partial charge < -0.3 is 10.3 Å². The van der Waals surface area contributed by atoms with Gasteiger partial charge in [0.05, 0.1) is 12.4 Å². The maximum Gasteiger partial charge on any atom is 0.228 e. The van der Waals surface area contributed by atoms with Crippen LogP contribution in [0.25, 0.3) is 27.9 Å². The van der Waals surface area contributed by atoms with Crippen molar-refractivity contribution < 1.29 is 4.39 Å². The molecule has 0 radical (unpaired) electrons. The number of hydrogen-bond acceptors (Lipinski definition) is 5. The molecule has 1 atom stereocenters. The number of anilines is 1. The van der Waals surface area contributed by atoms with Gasteiger partial charge in [-0.05, 0) is 30.0 Å². The highest BCUT2D eigenvalue weighted by Gasteiger charge is 2.27. The summed E-state index contributed by atoms with van der Waals surface area (Å²) in [5.74, 6) is 0.850. The summed E-state index contributed by atoms with van der Waals surface area (Å²) in [6, 6.07) is 9.97. The molecule has 7 nitrogen and oxygen atoms in total. The second-order valence-electron chi connectivity index (χ2n) is 8.63. The summed E-state index contributed by atoms with van der Waals surface area (Å²) in [5.41, 5.74) is 6.06. The van der Waals surface area contributed by atoms with Gasteiger partial charge in [0.2, 0.25) is 5.95 Å². The zero-order valence-corrected chi connectivity index (χ0v) is 17.8. The quantitative estimate of drug-likeness (QED) is 0.441. The monoisotopic (exact) mass is 427 g/mol. The number of nitrogens with zero attached hydrogens (tertiary/aromatic N) is 5. The standard InChI is InChI=1S/C24H22FN7/c1-13(2)19-12-27-32-23(19)30-22(14-7-15(25)11-26-10-14)31-24(32)28-16-8-18-17-5-3-4-6-20(17)29-21(18)9-16/h3-7,10-13,16,29H,8-9H2,1-2H3,(H,28,30,31). The van der Waals surface area contributed by atoms with E-state index in [1.165, 1.54) is 34.4 Å². The number of benzene rings is 1. The van der Waals surface area contributed by atoms with Crippen molar-refractivity contribution in [1.82, 2.24) is 29.5 Å². The maximum atomic E-state index is 13.8. The fraction of sp³-hybridized carbons (Fsp3) is 0.250. The molecule has 1 aliphatic rings. The molecule has 0 spiro atoms. The third kappa shape index (κ3) is 3.02. The normalized spacial score (nSPS) is 15.7. The van der Waals surface area contributed by atoms with Crippen molar-refractivity contribution in [3.8, 4) is 11.4 Å². The summed E-state index contributed by atoms with van der Waals surface area (Å²) >= 11 is 0. The van der Waals surface area contributed by atoms with Crippen LogP contribution in [-0.2, 0) is 12.8 Å². The van der Waals surface area contributed by atoms with Crippen LogP contribution >= 0.6 is 0 Å². The van der Waals surface area contributed by atoms with Crippen LogP contribution in [0.5, 0.6) is 0 Å². The third-order valence-corrected chi connectivity index (χ3v) is 6.12. The highest BCUT2D eigenvalue weighted by atomic mass is 19.1. The second kappa shape index (κ2) is 7.12. The van der Waals surface area contributed by atoms with Crippen LogP contribution in [0.3, 0.4) is 0 Å². The van der Waals surface area contributed by atoms with E-state index in [0.717, 1.165) is 24.1 Å². The molecular formula is C24H22FN7. The number of H-pyrrole nitrogens is 1. The number of nitrogens with one attached hydrogen (secondary N) is 2. The van der Waals surface area contributed by atoms with Crippen molar-refractivity contribution in [1.29, 1.82) is 0 Å². The first-order valence-corrected chi connectivity index (χ1v) is 10.8. The fourth-order valence-electron chi connectivity index (χ4n) is 4.57. The number of halogens is 1. The number of rotatable bonds is 4.